The van der Waals surface area contributed by atoms with Gasteiger partial charge in [0.05, 0.1) is 24.2 Å². The van der Waals surface area contributed by atoms with E-state index < -0.39 is 24.3 Å². The number of carboxylic acid groups (broad SMARTS) is 1. The van der Waals surface area contributed by atoms with Crippen molar-refractivity contribution >= 4 is 5.97 Å². The molecule has 7 atom stereocenters. The van der Waals surface area contributed by atoms with Crippen molar-refractivity contribution in [3.05, 3.63) is 12.2 Å². The molecule has 2 saturated carbocycles. The van der Waals surface area contributed by atoms with E-state index in [4.69, 9.17) is 5.11 Å². The van der Waals surface area contributed by atoms with Crippen LogP contribution in [-0.2, 0) is 4.79 Å². The molecule has 4 N–H and O–H groups in total. The summed E-state index contributed by atoms with van der Waals surface area (Å²) < 4.78 is 0. The van der Waals surface area contributed by atoms with Crippen LogP contribution >= 0.6 is 0 Å². The normalized spacial score (nSPS) is 34.1. The van der Waals surface area contributed by atoms with Crippen LogP contribution in [0.2, 0.25) is 0 Å². The van der Waals surface area contributed by atoms with E-state index in [1.165, 1.54) is 0 Å². The molecule has 0 aromatic heterocycles. The van der Waals surface area contributed by atoms with Crippen LogP contribution in [0.5, 0.6) is 0 Å². The third-order valence-electron chi connectivity index (χ3n) is 7.01. The number of hydrogen-bond acceptors (Lipinski definition) is 4. The third-order valence-corrected chi connectivity index (χ3v) is 7.01. The van der Waals surface area contributed by atoms with Gasteiger partial charge >= 0.3 is 5.97 Å². The van der Waals surface area contributed by atoms with Gasteiger partial charge in [-0.2, -0.15) is 0 Å². The van der Waals surface area contributed by atoms with Gasteiger partial charge in [0.2, 0.25) is 0 Å². The van der Waals surface area contributed by atoms with Crippen molar-refractivity contribution < 1.29 is 25.2 Å². The second-order valence-corrected chi connectivity index (χ2v) is 9.76. The molecule has 2 aliphatic carbocycles. The van der Waals surface area contributed by atoms with E-state index in [0.29, 0.717) is 12.3 Å². The lowest BCUT2D eigenvalue weighted by atomic mass is 9.80. The molecule has 0 aromatic carbocycles. The summed E-state index contributed by atoms with van der Waals surface area (Å²) in [6.45, 7) is 6.28. The molecular weight excluding hydrogens is 356 g/mol. The minimum absolute atomic E-state index is 0.00618. The standard InChI is InChI=1S/C23H40O5/c1-4-5-12-23(2,3)21(26)11-10-17-16(19(24)14-20(17)25)9-7-6-8-15-13-18(15)22(27)28/h10-11,15-21,24-26H,4-9,12-14H2,1-3H3,(H,27,28)/b11-10+/t15-,16-,17-,18-,19+,20-,21-/m1/s1. The maximum absolute atomic E-state index is 10.9. The summed E-state index contributed by atoms with van der Waals surface area (Å²) in [6.07, 6.45) is 10.1. The summed E-state index contributed by atoms with van der Waals surface area (Å²) in [4.78, 5) is 10.9. The Hall–Kier alpha value is -0.910. The van der Waals surface area contributed by atoms with Gasteiger partial charge in [-0.15, -0.1) is 0 Å². The Labute approximate surface area is 169 Å². The zero-order valence-corrected chi connectivity index (χ0v) is 17.8. The molecular formula is C23H40O5. The first kappa shape index (κ1) is 23.4. The second kappa shape index (κ2) is 10.2. The summed E-state index contributed by atoms with van der Waals surface area (Å²) in [5.74, 6) is -0.615. The highest BCUT2D eigenvalue weighted by molar-refractivity contribution is 5.73. The van der Waals surface area contributed by atoms with Gasteiger partial charge in [-0.25, -0.2) is 0 Å². The zero-order valence-electron chi connectivity index (χ0n) is 17.8. The van der Waals surface area contributed by atoms with Crippen molar-refractivity contribution in [2.75, 3.05) is 0 Å². The average molecular weight is 397 g/mol. The predicted octanol–water partition coefficient (Wildman–Crippen LogP) is 3.76. The van der Waals surface area contributed by atoms with Crippen LogP contribution < -0.4 is 0 Å². The van der Waals surface area contributed by atoms with Crippen molar-refractivity contribution in [1.82, 2.24) is 0 Å². The maximum atomic E-state index is 10.9. The molecule has 0 heterocycles. The largest absolute Gasteiger partial charge is 0.481 e. The highest BCUT2D eigenvalue weighted by Crippen LogP contribution is 2.43. The lowest BCUT2D eigenvalue weighted by Gasteiger charge is -2.29. The molecule has 28 heavy (non-hydrogen) atoms. The minimum atomic E-state index is -0.676. The van der Waals surface area contributed by atoms with E-state index in [0.717, 1.165) is 51.4 Å². The van der Waals surface area contributed by atoms with Gasteiger partial charge in [-0.1, -0.05) is 58.6 Å². The van der Waals surface area contributed by atoms with Gasteiger partial charge in [0.15, 0.2) is 0 Å². The molecule has 0 saturated heterocycles. The number of carboxylic acids is 1. The number of carbonyl (C=O) groups is 1. The third kappa shape index (κ3) is 6.30. The first-order valence-corrected chi connectivity index (χ1v) is 11.1. The van der Waals surface area contributed by atoms with Gasteiger partial charge < -0.3 is 20.4 Å². The molecule has 2 rings (SSSR count). The SMILES string of the molecule is CCCCC(C)(C)[C@H](O)/C=C/[C@@H]1[C@@H](CCCC[C@@H]2C[C@H]2C(=O)O)[C@@H](O)C[C@H]1O. The van der Waals surface area contributed by atoms with Crippen molar-refractivity contribution in [2.24, 2.45) is 29.1 Å². The van der Waals surface area contributed by atoms with Crippen molar-refractivity contribution in [1.29, 1.82) is 0 Å². The van der Waals surface area contributed by atoms with Gasteiger partial charge in [-0.05, 0) is 42.9 Å². The van der Waals surface area contributed by atoms with E-state index in [1.807, 2.05) is 12.2 Å². The lowest BCUT2D eigenvalue weighted by Crippen LogP contribution is -2.28. The smallest absolute Gasteiger partial charge is 0.306 e. The number of aliphatic hydroxyl groups is 3. The molecule has 2 aliphatic rings. The molecule has 0 bridgehead atoms. The van der Waals surface area contributed by atoms with Crippen LogP contribution in [0.15, 0.2) is 12.2 Å². The van der Waals surface area contributed by atoms with Crippen molar-refractivity contribution in [3.63, 3.8) is 0 Å². The lowest BCUT2D eigenvalue weighted by molar-refractivity contribution is -0.138. The molecule has 2 fully saturated rings. The van der Waals surface area contributed by atoms with Gasteiger partial charge in [0.25, 0.3) is 0 Å². The van der Waals surface area contributed by atoms with Crippen LogP contribution in [-0.4, -0.2) is 44.7 Å². The summed E-state index contributed by atoms with van der Waals surface area (Å²) >= 11 is 0. The number of aliphatic carboxylic acids is 1. The first-order valence-electron chi connectivity index (χ1n) is 11.1. The van der Waals surface area contributed by atoms with Crippen LogP contribution in [0, 0.1) is 29.1 Å². The van der Waals surface area contributed by atoms with Crippen LogP contribution in [0.25, 0.3) is 0 Å². The number of rotatable bonds is 12. The molecule has 0 amide bonds. The Balaban J connectivity index is 1.82. The molecule has 5 heteroatoms. The van der Waals surface area contributed by atoms with E-state index in [2.05, 4.69) is 20.8 Å². The van der Waals surface area contributed by atoms with E-state index in [9.17, 15) is 20.1 Å². The van der Waals surface area contributed by atoms with Crippen LogP contribution in [0.1, 0.15) is 78.6 Å². The van der Waals surface area contributed by atoms with Crippen LogP contribution in [0.4, 0.5) is 0 Å². The number of aliphatic hydroxyl groups excluding tert-OH is 3. The van der Waals surface area contributed by atoms with Crippen LogP contribution in [0.3, 0.4) is 0 Å². The Morgan fingerprint density at radius 1 is 1.11 bits per heavy atom. The summed E-state index contributed by atoms with van der Waals surface area (Å²) in [5.41, 5.74) is -0.199. The minimum Gasteiger partial charge on any atom is -0.481 e. The average Bonchev–Trinajstić information content (AvgIpc) is 3.35. The Kier molecular flexibility index (Phi) is 8.53. The van der Waals surface area contributed by atoms with Gasteiger partial charge in [0.1, 0.15) is 0 Å². The van der Waals surface area contributed by atoms with E-state index >= 15 is 0 Å². The fraction of sp³-hybridized carbons (Fsp3) is 0.870. The highest BCUT2D eigenvalue weighted by atomic mass is 16.4. The van der Waals surface area contributed by atoms with Crippen molar-refractivity contribution in [3.8, 4) is 0 Å². The first-order chi connectivity index (χ1) is 13.2. The zero-order chi connectivity index (χ0) is 20.9. The van der Waals surface area contributed by atoms with Gasteiger partial charge in [-0.3, -0.25) is 4.79 Å². The van der Waals surface area contributed by atoms with E-state index in [-0.39, 0.29) is 23.2 Å². The summed E-state index contributed by atoms with van der Waals surface area (Å²) in [5, 5.41) is 40.3. The fourth-order valence-electron chi connectivity index (χ4n) is 4.71. The molecule has 0 aliphatic heterocycles. The summed E-state index contributed by atoms with van der Waals surface area (Å²) in [6, 6.07) is 0. The molecule has 5 nitrogen and oxygen atoms in total. The monoisotopic (exact) mass is 396 g/mol. The van der Waals surface area contributed by atoms with E-state index in [1.54, 1.807) is 0 Å². The highest BCUT2D eigenvalue weighted by Gasteiger charge is 2.43. The number of unbranched alkanes of at least 4 members (excludes halogenated alkanes) is 2. The molecule has 0 unspecified atom stereocenters. The predicted molar refractivity (Wildman–Crippen MR) is 110 cm³/mol. The topological polar surface area (TPSA) is 98.0 Å². The molecule has 0 radical (unpaired) electrons. The van der Waals surface area contributed by atoms with Crippen molar-refractivity contribution in [2.45, 2.75) is 96.9 Å². The molecule has 0 aromatic rings. The quantitative estimate of drug-likeness (QED) is 0.297. The Morgan fingerprint density at radius 3 is 2.39 bits per heavy atom. The molecule has 162 valence electrons. The molecule has 0 spiro atoms. The fourth-order valence-corrected chi connectivity index (χ4v) is 4.71. The summed E-state index contributed by atoms with van der Waals surface area (Å²) in [7, 11) is 0. The maximum Gasteiger partial charge on any atom is 0.306 e. The number of hydrogen-bond donors (Lipinski definition) is 4. The second-order valence-electron chi connectivity index (χ2n) is 9.76. The Morgan fingerprint density at radius 2 is 1.79 bits per heavy atom. The van der Waals surface area contributed by atoms with Gasteiger partial charge in [0, 0.05) is 12.3 Å². The Bertz CT molecular complexity index is 529.